The van der Waals surface area contributed by atoms with Gasteiger partial charge in [-0.25, -0.2) is 13.1 Å². The van der Waals surface area contributed by atoms with Gasteiger partial charge < -0.3 is 11.1 Å². The van der Waals surface area contributed by atoms with Crippen molar-refractivity contribution in [2.75, 3.05) is 5.32 Å². The van der Waals surface area contributed by atoms with Crippen molar-refractivity contribution in [3.63, 3.8) is 0 Å². The Morgan fingerprint density at radius 2 is 1.93 bits per heavy atom. The lowest BCUT2D eigenvalue weighted by Gasteiger charge is -2.04. The van der Waals surface area contributed by atoms with Crippen LogP contribution in [0.1, 0.15) is 26.4 Å². The number of sulfonamides is 1. The van der Waals surface area contributed by atoms with Gasteiger partial charge in [-0.1, -0.05) is 0 Å². The summed E-state index contributed by atoms with van der Waals surface area (Å²) in [5.74, 6) is -1.44. The molecule has 0 aliphatic heterocycles. The first-order valence-corrected chi connectivity index (χ1v) is 9.80. The fourth-order valence-electron chi connectivity index (χ4n) is 2.08. The Kier molecular flexibility index (Phi) is 5.30. The molecule has 3 heterocycles. The van der Waals surface area contributed by atoms with Crippen LogP contribution in [0.2, 0.25) is 0 Å². The van der Waals surface area contributed by atoms with E-state index in [-0.39, 0.29) is 27.0 Å². The SMILES string of the molecule is NC(=O)c1cc(S(=O)(=O)NCc2ccncc2)sc1NC(=O)c1ccn[nH]1. The molecular weight excluding hydrogens is 392 g/mol. The van der Waals surface area contributed by atoms with Crippen LogP contribution in [0.3, 0.4) is 0 Å². The highest BCUT2D eigenvalue weighted by atomic mass is 32.2. The van der Waals surface area contributed by atoms with Gasteiger partial charge in [0.2, 0.25) is 10.0 Å². The van der Waals surface area contributed by atoms with Crippen molar-refractivity contribution in [3.05, 3.63) is 59.7 Å². The van der Waals surface area contributed by atoms with Gasteiger partial charge in [0.1, 0.15) is 14.9 Å². The molecule has 3 rings (SSSR count). The summed E-state index contributed by atoms with van der Waals surface area (Å²) in [4.78, 5) is 27.6. The molecule has 0 saturated heterocycles. The van der Waals surface area contributed by atoms with Crippen molar-refractivity contribution >= 4 is 38.2 Å². The maximum atomic E-state index is 12.5. The molecule has 27 heavy (non-hydrogen) atoms. The number of nitrogens with zero attached hydrogens (tertiary/aromatic N) is 2. The monoisotopic (exact) mass is 406 g/mol. The molecular formula is C15H14N6O4S2. The molecule has 0 aromatic carbocycles. The molecule has 0 saturated carbocycles. The van der Waals surface area contributed by atoms with E-state index in [2.05, 4.69) is 25.2 Å². The number of hydrogen-bond acceptors (Lipinski definition) is 7. The standard InChI is InChI=1S/C15H14N6O4S2/c16-13(22)10-7-12(26-15(10)20-14(23)11-3-6-18-21-11)27(24,25)19-8-9-1-4-17-5-2-9/h1-7,19H,8H2,(H2,16,22)(H,18,21)(H,20,23). The molecule has 2 amide bonds. The molecule has 0 aliphatic carbocycles. The number of nitrogens with one attached hydrogen (secondary N) is 3. The van der Waals surface area contributed by atoms with Gasteiger partial charge in [-0.15, -0.1) is 11.3 Å². The summed E-state index contributed by atoms with van der Waals surface area (Å²) in [6.07, 6.45) is 4.48. The Labute approximate surface area is 157 Å². The van der Waals surface area contributed by atoms with Crippen molar-refractivity contribution in [3.8, 4) is 0 Å². The number of carbonyl (C=O) groups excluding carboxylic acids is 2. The van der Waals surface area contributed by atoms with Crippen molar-refractivity contribution < 1.29 is 18.0 Å². The summed E-state index contributed by atoms with van der Waals surface area (Å²) in [6, 6.07) is 5.90. The van der Waals surface area contributed by atoms with Crippen molar-refractivity contribution in [1.29, 1.82) is 0 Å². The maximum Gasteiger partial charge on any atom is 0.274 e. The largest absolute Gasteiger partial charge is 0.366 e. The number of nitrogens with two attached hydrogens (primary N) is 1. The topological polar surface area (TPSA) is 160 Å². The smallest absolute Gasteiger partial charge is 0.274 e. The van der Waals surface area contributed by atoms with Crippen molar-refractivity contribution in [2.24, 2.45) is 5.73 Å². The fraction of sp³-hybridized carbons (Fsp3) is 0.0667. The Morgan fingerprint density at radius 3 is 2.56 bits per heavy atom. The molecule has 10 nitrogen and oxygen atoms in total. The highest BCUT2D eigenvalue weighted by molar-refractivity contribution is 7.91. The number of H-pyrrole nitrogens is 1. The summed E-state index contributed by atoms with van der Waals surface area (Å²) in [7, 11) is -3.91. The second kappa shape index (κ2) is 7.65. The van der Waals surface area contributed by atoms with Crippen molar-refractivity contribution in [1.82, 2.24) is 19.9 Å². The first-order valence-electron chi connectivity index (χ1n) is 7.50. The van der Waals surface area contributed by atoms with E-state index in [1.807, 2.05) is 0 Å². The van der Waals surface area contributed by atoms with E-state index < -0.39 is 21.8 Å². The Bertz CT molecular complexity index is 1060. The number of pyridine rings is 1. The lowest BCUT2D eigenvalue weighted by Crippen LogP contribution is -2.22. The minimum Gasteiger partial charge on any atom is -0.366 e. The lowest BCUT2D eigenvalue weighted by molar-refractivity contribution is 0.100. The summed E-state index contributed by atoms with van der Waals surface area (Å²) in [6.45, 7) is 0.0461. The minimum absolute atomic E-state index is 0.0337. The average Bonchev–Trinajstić information content (AvgIpc) is 3.31. The van der Waals surface area contributed by atoms with E-state index >= 15 is 0 Å². The zero-order chi connectivity index (χ0) is 19.4. The molecule has 0 radical (unpaired) electrons. The number of hydrogen-bond donors (Lipinski definition) is 4. The van der Waals surface area contributed by atoms with Gasteiger partial charge in [0.15, 0.2) is 0 Å². The Hall–Kier alpha value is -3.09. The maximum absolute atomic E-state index is 12.5. The number of primary amides is 1. The number of carbonyl (C=O) groups is 2. The highest BCUT2D eigenvalue weighted by Crippen LogP contribution is 2.31. The van der Waals surface area contributed by atoms with Crippen molar-refractivity contribution in [2.45, 2.75) is 10.8 Å². The first kappa shape index (κ1) is 18.7. The van der Waals surface area contributed by atoms with Crippen LogP contribution in [0.25, 0.3) is 0 Å². The third kappa shape index (κ3) is 4.36. The van der Waals surface area contributed by atoms with E-state index in [0.717, 1.165) is 17.4 Å². The molecule has 12 heteroatoms. The molecule has 0 fully saturated rings. The molecule has 0 unspecified atom stereocenters. The molecule has 0 atom stereocenters. The van der Waals surface area contributed by atoms with Crippen LogP contribution in [-0.4, -0.2) is 35.4 Å². The Morgan fingerprint density at radius 1 is 1.19 bits per heavy atom. The van der Waals surface area contributed by atoms with Gasteiger partial charge >= 0.3 is 0 Å². The van der Waals surface area contributed by atoms with Crippen LogP contribution in [0.15, 0.2) is 47.1 Å². The molecule has 3 aromatic heterocycles. The predicted octanol–water partition coefficient (Wildman–Crippen LogP) is 0.696. The second-order valence-electron chi connectivity index (χ2n) is 5.28. The zero-order valence-electron chi connectivity index (χ0n) is 13.7. The van der Waals surface area contributed by atoms with E-state index in [0.29, 0.717) is 5.56 Å². The number of amides is 2. The third-order valence-electron chi connectivity index (χ3n) is 3.43. The lowest BCUT2D eigenvalue weighted by atomic mass is 10.3. The molecule has 3 aromatic rings. The summed E-state index contributed by atoms with van der Waals surface area (Å²) >= 11 is 0.726. The van der Waals surface area contributed by atoms with Gasteiger partial charge in [0.25, 0.3) is 11.8 Å². The second-order valence-corrected chi connectivity index (χ2v) is 8.32. The summed E-state index contributed by atoms with van der Waals surface area (Å²) in [5, 5.41) is 8.63. The number of anilines is 1. The van der Waals surface area contributed by atoms with E-state index in [1.54, 1.807) is 24.5 Å². The number of thiophene rings is 1. The van der Waals surface area contributed by atoms with Gasteiger partial charge in [-0.2, -0.15) is 5.10 Å². The molecule has 140 valence electrons. The van der Waals surface area contributed by atoms with E-state index in [1.165, 1.54) is 12.3 Å². The Balaban J connectivity index is 1.83. The van der Waals surface area contributed by atoms with Crippen LogP contribution in [0.5, 0.6) is 0 Å². The van der Waals surface area contributed by atoms with E-state index in [9.17, 15) is 18.0 Å². The van der Waals surface area contributed by atoms with Gasteiger partial charge in [0.05, 0.1) is 5.56 Å². The molecule has 0 bridgehead atoms. The molecule has 5 N–H and O–H groups in total. The zero-order valence-corrected chi connectivity index (χ0v) is 15.3. The summed E-state index contributed by atoms with van der Waals surface area (Å²) in [5.41, 5.74) is 6.07. The summed E-state index contributed by atoms with van der Waals surface area (Å²) < 4.78 is 27.3. The number of rotatable bonds is 7. The molecule has 0 spiro atoms. The fourth-order valence-corrected chi connectivity index (χ4v) is 4.51. The third-order valence-corrected chi connectivity index (χ3v) is 6.35. The van der Waals surface area contributed by atoms with Crippen LogP contribution in [0, 0.1) is 0 Å². The van der Waals surface area contributed by atoms with Gasteiger partial charge in [-0.05, 0) is 29.8 Å². The van der Waals surface area contributed by atoms with E-state index in [4.69, 9.17) is 5.73 Å². The van der Waals surface area contributed by atoms with Crippen LogP contribution in [-0.2, 0) is 16.6 Å². The first-order chi connectivity index (χ1) is 12.9. The normalized spacial score (nSPS) is 11.3. The van der Waals surface area contributed by atoms with Crippen LogP contribution in [0.4, 0.5) is 5.00 Å². The quantitative estimate of drug-likeness (QED) is 0.452. The van der Waals surface area contributed by atoms with Gasteiger partial charge in [-0.3, -0.25) is 19.7 Å². The number of aromatic nitrogens is 3. The average molecular weight is 406 g/mol. The van der Waals surface area contributed by atoms with Crippen LogP contribution < -0.4 is 15.8 Å². The minimum atomic E-state index is -3.91. The van der Waals surface area contributed by atoms with Crippen LogP contribution >= 0.6 is 11.3 Å². The number of aromatic amines is 1. The predicted molar refractivity (Wildman–Crippen MR) is 97.6 cm³/mol. The van der Waals surface area contributed by atoms with Gasteiger partial charge in [0, 0.05) is 25.1 Å². The molecule has 0 aliphatic rings. The highest BCUT2D eigenvalue weighted by Gasteiger charge is 2.24.